The zero-order chi connectivity index (χ0) is 13.5. The van der Waals surface area contributed by atoms with Gasteiger partial charge in [-0.15, -0.1) is 0 Å². The average molecular weight is 253 g/mol. The van der Waals surface area contributed by atoms with Crippen LogP contribution in [0.2, 0.25) is 0 Å². The van der Waals surface area contributed by atoms with Crippen LogP contribution in [0.3, 0.4) is 0 Å². The highest BCUT2D eigenvalue weighted by Crippen LogP contribution is 2.30. The van der Waals surface area contributed by atoms with E-state index in [1.54, 1.807) is 21.3 Å². The van der Waals surface area contributed by atoms with Crippen molar-refractivity contribution >= 4 is 5.69 Å². The maximum absolute atomic E-state index is 5.34. The summed E-state index contributed by atoms with van der Waals surface area (Å²) in [6.45, 7) is 4.96. The van der Waals surface area contributed by atoms with Crippen molar-refractivity contribution in [2.75, 3.05) is 33.3 Å². The van der Waals surface area contributed by atoms with E-state index in [0.29, 0.717) is 12.5 Å². The van der Waals surface area contributed by atoms with E-state index in [1.807, 2.05) is 18.2 Å². The van der Waals surface area contributed by atoms with Crippen molar-refractivity contribution in [3.05, 3.63) is 18.2 Å². The quantitative estimate of drug-likeness (QED) is 0.811. The summed E-state index contributed by atoms with van der Waals surface area (Å²) in [6, 6.07) is 5.94. The second kappa shape index (κ2) is 7.11. The number of benzene rings is 1. The molecule has 4 heteroatoms. The largest absolute Gasteiger partial charge is 0.497 e. The molecule has 0 aliphatic heterocycles. The van der Waals surface area contributed by atoms with Gasteiger partial charge in [0.1, 0.15) is 11.5 Å². The molecule has 1 aromatic carbocycles. The third kappa shape index (κ3) is 3.81. The molecule has 0 fully saturated rings. The Labute approximate surface area is 109 Å². The van der Waals surface area contributed by atoms with Crippen LogP contribution < -0.4 is 14.8 Å². The second-order valence-corrected chi connectivity index (χ2v) is 4.52. The molecule has 4 nitrogen and oxygen atoms in total. The van der Waals surface area contributed by atoms with Gasteiger partial charge in [-0.3, -0.25) is 0 Å². The molecule has 0 aliphatic rings. The van der Waals surface area contributed by atoms with Crippen molar-refractivity contribution in [2.24, 2.45) is 5.92 Å². The number of rotatable bonds is 7. The Hall–Kier alpha value is -1.42. The minimum atomic E-state index is 0.232. The average Bonchev–Trinajstić information content (AvgIpc) is 2.37. The summed E-state index contributed by atoms with van der Waals surface area (Å²) in [4.78, 5) is 0. The number of hydrogen-bond acceptors (Lipinski definition) is 4. The number of ether oxygens (including phenoxy) is 3. The van der Waals surface area contributed by atoms with Gasteiger partial charge in [0, 0.05) is 13.2 Å². The van der Waals surface area contributed by atoms with Gasteiger partial charge in [-0.2, -0.15) is 0 Å². The van der Waals surface area contributed by atoms with Gasteiger partial charge < -0.3 is 19.5 Å². The van der Waals surface area contributed by atoms with Gasteiger partial charge in [0.05, 0.1) is 32.6 Å². The highest BCUT2D eigenvalue weighted by atomic mass is 16.5. The highest BCUT2D eigenvalue weighted by molar-refractivity contribution is 5.60. The van der Waals surface area contributed by atoms with E-state index >= 15 is 0 Å². The van der Waals surface area contributed by atoms with Gasteiger partial charge in [0.15, 0.2) is 0 Å². The summed E-state index contributed by atoms with van der Waals surface area (Å²) < 4.78 is 15.8. The second-order valence-electron chi connectivity index (χ2n) is 4.52. The van der Waals surface area contributed by atoms with Crippen LogP contribution in [0.4, 0.5) is 5.69 Å². The van der Waals surface area contributed by atoms with E-state index in [2.05, 4.69) is 19.2 Å². The molecule has 0 spiro atoms. The lowest BCUT2D eigenvalue weighted by Gasteiger charge is -2.24. The van der Waals surface area contributed by atoms with E-state index in [-0.39, 0.29) is 6.04 Å². The van der Waals surface area contributed by atoms with Gasteiger partial charge in [0.25, 0.3) is 0 Å². The van der Waals surface area contributed by atoms with Gasteiger partial charge in [-0.05, 0) is 18.1 Å². The molecule has 0 radical (unpaired) electrons. The molecule has 0 saturated carbocycles. The molecule has 0 saturated heterocycles. The molecule has 0 amide bonds. The van der Waals surface area contributed by atoms with E-state index < -0.39 is 0 Å². The van der Waals surface area contributed by atoms with Crippen LogP contribution in [-0.2, 0) is 4.74 Å². The zero-order valence-electron chi connectivity index (χ0n) is 11.8. The molecule has 102 valence electrons. The molecular formula is C14H23NO3. The molecule has 0 aliphatic carbocycles. The molecular weight excluding hydrogens is 230 g/mol. The SMILES string of the molecule is COCC(Nc1cc(OC)ccc1OC)C(C)C. The first-order valence-corrected chi connectivity index (χ1v) is 6.09. The van der Waals surface area contributed by atoms with Gasteiger partial charge in [0.2, 0.25) is 0 Å². The standard InChI is InChI=1S/C14H23NO3/c1-10(2)13(9-16-3)15-12-8-11(17-4)6-7-14(12)18-5/h6-8,10,13,15H,9H2,1-5H3. The summed E-state index contributed by atoms with van der Waals surface area (Å²) in [5.41, 5.74) is 0.924. The number of hydrogen-bond donors (Lipinski definition) is 1. The Balaban J connectivity index is 2.91. The van der Waals surface area contributed by atoms with Crippen LogP contribution >= 0.6 is 0 Å². The normalized spacial score (nSPS) is 12.3. The van der Waals surface area contributed by atoms with Crippen LogP contribution in [0.15, 0.2) is 18.2 Å². The molecule has 1 rings (SSSR count). The fourth-order valence-electron chi connectivity index (χ4n) is 1.71. The molecule has 0 heterocycles. The first-order chi connectivity index (χ1) is 8.62. The molecule has 1 atom stereocenters. The summed E-state index contributed by atoms with van der Waals surface area (Å²) in [5.74, 6) is 2.07. The summed E-state index contributed by atoms with van der Waals surface area (Å²) in [6.07, 6.45) is 0. The smallest absolute Gasteiger partial charge is 0.142 e. The lowest BCUT2D eigenvalue weighted by Crippen LogP contribution is -2.30. The lowest BCUT2D eigenvalue weighted by atomic mass is 10.0. The van der Waals surface area contributed by atoms with Crippen LogP contribution in [0.5, 0.6) is 11.5 Å². The molecule has 1 aromatic rings. The van der Waals surface area contributed by atoms with Crippen molar-refractivity contribution in [1.82, 2.24) is 0 Å². The van der Waals surface area contributed by atoms with Crippen LogP contribution in [-0.4, -0.2) is 34.0 Å². The highest BCUT2D eigenvalue weighted by Gasteiger charge is 2.15. The van der Waals surface area contributed by atoms with Crippen LogP contribution in [0.25, 0.3) is 0 Å². The van der Waals surface area contributed by atoms with Gasteiger partial charge >= 0.3 is 0 Å². The zero-order valence-corrected chi connectivity index (χ0v) is 11.8. The van der Waals surface area contributed by atoms with Crippen molar-refractivity contribution in [3.8, 4) is 11.5 Å². The predicted molar refractivity (Wildman–Crippen MR) is 73.7 cm³/mol. The Bertz CT molecular complexity index is 366. The first-order valence-electron chi connectivity index (χ1n) is 6.09. The van der Waals surface area contributed by atoms with Crippen molar-refractivity contribution in [1.29, 1.82) is 0 Å². The van der Waals surface area contributed by atoms with Crippen molar-refractivity contribution < 1.29 is 14.2 Å². The molecule has 1 unspecified atom stereocenters. The Morgan fingerprint density at radius 2 is 1.83 bits per heavy atom. The summed E-state index contributed by atoms with van der Waals surface area (Å²) >= 11 is 0. The fraction of sp³-hybridized carbons (Fsp3) is 0.571. The van der Waals surface area contributed by atoms with Crippen molar-refractivity contribution in [2.45, 2.75) is 19.9 Å². The predicted octanol–water partition coefficient (Wildman–Crippen LogP) is 2.79. The first kappa shape index (κ1) is 14.6. The van der Waals surface area contributed by atoms with Crippen molar-refractivity contribution in [3.63, 3.8) is 0 Å². The summed E-state index contributed by atoms with van der Waals surface area (Å²) in [7, 11) is 5.02. The topological polar surface area (TPSA) is 39.7 Å². The Kier molecular flexibility index (Phi) is 5.78. The minimum absolute atomic E-state index is 0.232. The van der Waals surface area contributed by atoms with E-state index in [4.69, 9.17) is 14.2 Å². The summed E-state index contributed by atoms with van der Waals surface area (Å²) in [5, 5.41) is 3.44. The molecule has 0 bridgehead atoms. The fourth-order valence-corrected chi connectivity index (χ4v) is 1.71. The number of methoxy groups -OCH3 is 3. The minimum Gasteiger partial charge on any atom is -0.497 e. The van der Waals surface area contributed by atoms with E-state index in [9.17, 15) is 0 Å². The van der Waals surface area contributed by atoms with E-state index in [1.165, 1.54) is 0 Å². The Morgan fingerprint density at radius 3 is 2.33 bits per heavy atom. The molecule has 0 aromatic heterocycles. The number of anilines is 1. The monoisotopic (exact) mass is 253 g/mol. The van der Waals surface area contributed by atoms with Crippen LogP contribution in [0, 0.1) is 5.92 Å². The van der Waals surface area contributed by atoms with Gasteiger partial charge in [-0.1, -0.05) is 13.8 Å². The Morgan fingerprint density at radius 1 is 1.11 bits per heavy atom. The number of nitrogens with one attached hydrogen (secondary N) is 1. The molecule has 18 heavy (non-hydrogen) atoms. The van der Waals surface area contributed by atoms with Gasteiger partial charge in [-0.25, -0.2) is 0 Å². The third-order valence-electron chi connectivity index (χ3n) is 2.90. The maximum atomic E-state index is 5.34. The maximum Gasteiger partial charge on any atom is 0.142 e. The van der Waals surface area contributed by atoms with E-state index in [0.717, 1.165) is 17.2 Å². The molecule has 1 N–H and O–H groups in total. The lowest BCUT2D eigenvalue weighted by molar-refractivity contribution is 0.171. The third-order valence-corrected chi connectivity index (χ3v) is 2.90. The van der Waals surface area contributed by atoms with Crippen LogP contribution in [0.1, 0.15) is 13.8 Å².